The molecule has 1 aliphatic rings. The number of carbonyl (C=O) groups excluding carboxylic acids is 2. The monoisotopic (exact) mass is 442 g/mol. The van der Waals surface area contributed by atoms with Gasteiger partial charge in [0.15, 0.2) is 5.78 Å². The molecule has 0 bridgehead atoms. The molecule has 158 valence electrons. The molecular formula is C22H26N4O2S2. The van der Waals surface area contributed by atoms with Crippen molar-refractivity contribution in [1.82, 2.24) is 14.8 Å². The van der Waals surface area contributed by atoms with Crippen molar-refractivity contribution in [2.45, 2.75) is 40.3 Å². The van der Waals surface area contributed by atoms with E-state index in [0.29, 0.717) is 17.1 Å². The molecule has 0 fully saturated rings. The number of nitrogens with zero attached hydrogens (tertiary/aromatic N) is 2. The number of carbonyl (C=O) groups is 2. The van der Waals surface area contributed by atoms with Crippen LogP contribution in [0.15, 0.2) is 24.5 Å². The average molecular weight is 443 g/mol. The van der Waals surface area contributed by atoms with Gasteiger partial charge < -0.3 is 14.8 Å². The Morgan fingerprint density at radius 3 is 2.60 bits per heavy atom. The Morgan fingerprint density at radius 1 is 1.17 bits per heavy atom. The van der Waals surface area contributed by atoms with Gasteiger partial charge in [0.1, 0.15) is 10.0 Å². The molecule has 30 heavy (non-hydrogen) atoms. The summed E-state index contributed by atoms with van der Waals surface area (Å²) in [6, 6.07) is 3.74. The molecule has 0 aliphatic carbocycles. The number of rotatable bonds is 5. The first kappa shape index (κ1) is 20.8. The number of urea groups is 1. The van der Waals surface area contributed by atoms with Crippen molar-refractivity contribution < 1.29 is 9.59 Å². The van der Waals surface area contributed by atoms with Crippen molar-refractivity contribution >= 4 is 39.5 Å². The maximum absolute atomic E-state index is 12.7. The number of likely N-dealkylation sites (N-methyl/N-ethyl adjacent to an activating group) is 1. The highest BCUT2D eigenvalue weighted by molar-refractivity contribution is 7.17. The molecule has 4 heterocycles. The standard InChI is InChI=1S/C22H26N4O2S2/c1-13-15(3)29-20(19(13)14(2)27)24-22(28)23-11-17-16-7-10-25(4)12-18(16)30-21(17)26-8-5-6-9-26/h5-6,8-9H,7,10-12H2,1-4H3,(H2,23,24,28). The van der Waals surface area contributed by atoms with Gasteiger partial charge in [-0.25, -0.2) is 4.79 Å². The molecule has 0 unspecified atom stereocenters. The van der Waals surface area contributed by atoms with Crippen molar-refractivity contribution in [2.24, 2.45) is 0 Å². The number of hydrogen-bond donors (Lipinski definition) is 2. The predicted octanol–water partition coefficient (Wildman–Crippen LogP) is 4.73. The third-order valence-electron chi connectivity index (χ3n) is 5.57. The average Bonchev–Trinajstić information content (AvgIpc) is 3.38. The van der Waals surface area contributed by atoms with Crippen molar-refractivity contribution in [3.8, 4) is 5.00 Å². The van der Waals surface area contributed by atoms with Crippen molar-refractivity contribution in [2.75, 3.05) is 18.9 Å². The Kier molecular flexibility index (Phi) is 5.81. The zero-order valence-corrected chi connectivity index (χ0v) is 19.3. The number of aromatic nitrogens is 1. The fourth-order valence-electron chi connectivity index (χ4n) is 3.90. The largest absolute Gasteiger partial charge is 0.334 e. The van der Waals surface area contributed by atoms with E-state index in [1.165, 1.54) is 34.3 Å². The number of ketones is 1. The molecule has 2 N–H and O–H groups in total. The highest BCUT2D eigenvalue weighted by atomic mass is 32.1. The summed E-state index contributed by atoms with van der Waals surface area (Å²) in [7, 11) is 2.14. The van der Waals surface area contributed by atoms with Crippen LogP contribution in [0.2, 0.25) is 0 Å². The maximum atomic E-state index is 12.7. The molecule has 0 aromatic carbocycles. The fourth-order valence-corrected chi connectivity index (χ4v) is 6.41. The number of aryl methyl sites for hydroxylation is 1. The van der Waals surface area contributed by atoms with Gasteiger partial charge in [0.05, 0.1) is 5.56 Å². The van der Waals surface area contributed by atoms with Crippen LogP contribution in [-0.2, 0) is 19.5 Å². The van der Waals surface area contributed by atoms with Crippen LogP contribution in [0.4, 0.5) is 9.80 Å². The van der Waals surface area contributed by atoms with E-state index in [1.807, 2.05) is 38.4 Å². The zero-order valence-electron chi connectivity index (χ0n) is 17.7. The molecule has 0 saturated heterocycles. The zero-order chi connectivity index (χ0) is 21.4. The summed E-state index contributed by atoms with van der Waals surface area (Å²) >= 11 is 3.24. The molecule has 1 aliphatic heterocycles. The maximum Gasteiger partial charge on any atom is 0.320 e. The van der Waals surface area contributed by atoms with Gasteiger partial charge in [-0.05, 0) is 57.5 Å². The van der Waals surface area contributed by atoms with E-state index < -0.39 is 0 Å². The van der Waals surface area contributed by atoms with Gasteiger partial charge in [-0.2, -0.15) is 0 Å². The number of Topliss-reactive ketones (excluding diaryl/α,β-unsaturated/α-hetero) is 1. The lowest BCUT2D eigenvalue weighted by Crippen LogP contribution is -2.30. The van der Waals surface area contributed by atoms with E-state index in [2.05, 4.69) is 27.1 Å². The molecule has 8 heteroatoms. The minimum Gasteiger partial charge on any atom is -0.334 e. The summed E-state index contributed by atoms with van der Waals surface area (Å²) in [5.74, 6) is -0.0296. The van der Waals surface area contributed by atoms with Crippen molar-refractivity contribution in [3.05, 3.63) is 56.5 Å². The van der Waals surface area contributed by atoms with Crippen LogP contribution in [0.25, 0.3) is 5.00 Å². The quantitative estimate of drug-likeness (QED) is 0.562. The SMILES string of the molecule is CC(=O)c1c(NC(=O)NCc2c(-n3cccc3)sc3c2CCN(C)C3)sc(C)c1C. The van der Waals surface area contributed by atoms with Crippen LogP contribution in [0.3, 0.4) is 0 Å². The topological polar surface area (TPSA) is 66.4 Å². The summed E-state index contributed by atoms with van der Waals surface area (Å²) < 4.78 is 2.12. The normalized spacial score (nSPS) is 13.9. The third kappa shape index (κ3) is 3.95. The van der Waals surface area contributed by atoms with Gasteiger partial charge in [0.2, 0.25) is 0 Å². The first-order valence-electron chi connectivity index (χ1n) is 9.96. The summed E-state index contributed by atoms with van der Waals surface area (Å²) in [6.45, 7) is 7.83. The first-order valence-corrected chi connectivity index (χ1v) is 11.6. The molecule has 0 spiro atoms. The van der Waals surface area contributed by atoms with Crippen LogP contribution in [-0.4, -0.2) is 34.9 Å². The van der Waals surface area contributed by atoms with Gasteiger partial charge in [0.25, 0.3) is 0 Å². The van der Waals surface area contributed by atoms with Crippen LogP contribution in [0.5, 0.6) is 0 Å². The second-order valence-electron chi connectivity index (χ2n) is 7.72. The van der Waals surface area contributed by atoms with Crippen molar-refractivity contribution in [3.63, 3.8) is 0 Å². The van der Waals surface area contributed by atoms with Crippen LogP contribution >= 0.6 is 22.7 Å². The van der Waals surface area contributed by atoms with Gasteiger partial charge in [-0.15, -0.1) is 22.7 Å². The van der Waals surface area contributed by atoms with Crippen LogP contribution in [0.1, 0.15) is 43.7 Å². The third-order valence-corrected chi connectivity index (χ3v) is 7.96. The Hall–Kier alpha value is -2.42. The molecule has 4 rings (SSSR count). The lowest BCUT2D eigenvalue weighted by Gasteiger charge is -2.22. The highest BCUT2D eigenvalue weighted by Crippen LogP contribution is 2.36. The van der Waals surface area contributed by atoms with Gasteiger partial charge >= 0.3 is 6.03 Å². The van der Waals surface area contributed by atoms with E-state index >= 15 is 0 Å². The molecule has 0 atom stereocenters. The van der Waals surface area contributed by atoms with Gasteiger partial charge in [-0.3, -0.25) is 10.1 Å². The molecular weight excluding hydrogens is 416 g/mol. The Morgan fingerprint density at radius 2 is 1.90 bits per heavy atom. The second kappa shape index (κ2) is 8.37. The van der Waals surface area contributed by atoms with Gasteiger partial charge in [-0.1, -0.05) is 0 Å². The summed E-state index contributed by atoms with van der Waals surface area (Å²) in [5.41, 5.74) is 4.08. The number of amides is 2. The Bertz CT molecular complexity index is 1100. The smallest absolute Gasteiger partial charge is 0.320 e. The van der Waals surface area contributed by atoms with Crippen LogP contribution in [0, 0.1) is 13.8 Å². The number of fused-ring (bicyclic) bond motifs is 1. The fraction of sp³-hybridized carbons (Fsp3) is 0.364. The lowest BCUT2D eigenvalue weighted by molar-refractivity contribution is 0.101. The Balaban J connectivity index is 1.55. The van der Waals surface area contributed by atoms with Gasteiger partial charge in [0, 0.05) is 47.3 Å². The first-order chi connectivity index (χ1) is 14.3. The number of nitrogens with one attached hydrogen (secondary N) is 2. The molecule has 2 amide bonds. The lowest BCUT2D eigenvalue weighted by atomic mass is 10.0. The van der Waals surface area contributed by atoms with E-state index in [-0.39, 0.29) is 11.8 Å². The molecule has 0 saturated carbocycles. The number of anilines is 1. The second-order valence-corrected chi connectivity index (χ2v) is 10.0. The van der Waals surface area contributed by atoms with E-state index in [4.69, 9.17) is 0 Å². The van der Waals surface area contributed by atoms with E-state index in [1.54, 1.807) is 11.3 Å². The minimum absolute atomic E-state index is 0.0296. The summed E-state index contributed by atoms with van der Waals surface area (Å²) in [6.07, 6.45) is 5.07. The Labute approximate surface area is 184 Å². The minimum atomic E-state index is -0.287. The van der Waals surface area contributed by atoms with Crippen LogP contribution < -0.4 is 10.6 Å². The summed E-state index contributed by atoms with van der Waals surface area (Å²) in [4.78, 5) is 29.4. The molecule has 3 aromatic rings. The molecule has 3 aromatic heterocycles. The molecule has 0 radical (unpaired) electrons. The van der Waals surface area contributed by atoms with E-state index in [0.717, 1.165) is 35.0 Å². The molecule has 6 nitrogen and oxygen atoms in total. The predicted molar refractivity (Wildman–Crippen MR) is 123 cm³/mol. The number of thiophene rings is 2. The van der Waals surface area contributed by atoms with E-state index in [9.17, 15) is 9.59 Å². The number of hydrogen-bond acceptors (Lipinski definition) is 5. The summed E-state index contributed by atoms with van der Waals surface area (Å²) in [5, 5.41) is 7.69. The highest BCUT2D eigenvalue weighted by Gasteiger charge is 2.24. The van der Waals surface area contributed by atoms with Crippen molar-refractivity contribution in [1.29, 1.82) is 0 Å².